The Morgan fingerprint density at radius 2 is 1.44 bits per heavy atom. The highest BCUT2D eigenvalue weighted by Crippen LogP contribution is 2.33. The highest BCUT2D eigenvalue weighted by molar-refractivity contribution is 6.10. The molecule has 3 aromatic rings. The first-order valence-corrected chi connectivity index (χ1v) is 6.46. The van der Waals surface area contributed by atoms with E-state index in [1.54, 1.807) is 0 Å². The molecule has 1 heteroatoms. The minimum Gasteiger partial charge on any atom is -0.344 e. The number of aryl methyl sites for hydroxylation is 5. The van der Waals surface area contributed by atoms with Crippen molar-refractivity contribution in [3.8, 4) is 0 Å². The molecule has 1 aromatic heterocycles. The van der Waals surface area contributed by atoms with Gasteiger partial charge in [0.2, 0.25) is 0 Å². The summed E-state index contributed by atoms with van der Waals surface area (Å²) in [5.41, 5.74) is 8.17. The van der Waals surface area contributed by atoms with Crippen LogP contribution in [0, 0.1) is 27.7 Å². The highest BCUT2D eigenvalue weighted by Gasteiger charge is 2.12. The minimum absolute atomic E-state index is 1.33. The highest BCUT2D eigenvalue weighted by atomic mass is 14.9. The molecule has 0 aliphatic rings. The second-order valence-corrected chi connectivity index (χ2v) is 5.41. The van der Waals surface area contributed by atoms with Crippen LogP contribution in [0.4, 0.5) is 0 Å². The molecular weight excluding hydrogens is 218 g/mol. The maximum absolute atomic E-state index is 2.33. The van der Waals surface area contributed by atoms with Crippen molar-refractivity contribution >= 4 is 21.8 Å². The fourth-order valence-electron chi connectivity index (χ4n) is 2.83. The summed E-state index contributed by atoms with van der Waals surface area (Å²) in [6, 6.07) is 9.09. The lowest BCUT2D eigenvalue weighted by atomic mass is 10.0. The number of aromatic nitrogens is 1. The Hall–Kier alpha value is -1.76. The van der Waals surface area contributed by atoms with Crippen molar-refractivity contribution < 1.29 is 0 Å². The Balaban J connectivity index is 2.64. The van der Waals surface area contributed by atoms with Crippen LogP contribution in [0.1, 0.15) is 22.3 Å². The van der Waals surface area contributed by atoms with Gasteiger partial charge in [0.15, 0.2) is 0 Å². The summed E-state index contributed by atoms with van der Waals surface area (Å²) in [4.78, 5) is 0. The van der Waals surface area contributed by atoms with Gasteiger partial charge in [0.05, 0.1) is 0 Å². The maximum atomic E-state index is 2.33. The van der Waals surface area contributed by atoms with Crippen molar-refractivity contribution in [1.29, 1.82) is 0 Å². The first-order valence-electron chi connectivity index (χ1n) is 6.46. The van der Waals surface area contributed by atoms with E-state index >= 15 is 0 Å². The lowest BCUT2D eigenvalue weighted by molar-refractivity contribution is 1.01. The molecule has 1 nitrogen and oxygen atoms in total. The zero-order valence-corrected chi connectivity index (χ0v) is 11.8. The van der Waals surface area contributed by atoms with Gasteiger partial charge in [0, 0.05) is 28.9 Å². The molecule has 0 aliphatic carbocycles. The molecule has 0 saturated heterocycles. The van der Waals surface area contributed by atoms with Crippen LogP contribution in [0.15, 0.2) is 24.3 Å². The molecule has 0 spiro atoms. The molecule has 0 atom stereocenters. The van der Waals surface area contributed by atoms with Gasteiger partial charge < -0.3 is 4.57 Å². The topological polar surface area (TPSA) is 4.93 Å². The van der Waals surface area contributed by atoms with Crippen molar-refractivity contribution in [3.63, 3.8) is 0 Å². The van der Waals surface area contributed by atoms with E-state index in [2.05, 4.69) is 63.6 Å². The number of benzene rings is 2. The van der Waals surface area contributed by atoms with Gasteiger partial charge >= 0.3 is 0 Å². The Morgan fingerprint density at radius 1 is 0.778 bits per heavy atom. The second kappa shape index (κ2) is 3.61. The normalized spacial score (nSPS) is 11.6. The fourth-order valence-corrected chi connectivity index (χ4v) is 2.83. The van der Waals surface area contributed by atoms with Crippen LogP contribution < -0.4 is 0 Å². The van der Waals surface area contributed by atoms with Crippen LogP contribution in [0.3, 0.4) is 0 Å². The van der Waals surface area contributed by atoms with E-state index in [4.69, 9.17) is 0 Å². The van der Waals surface area contributed by atoms with Gasteiger partial charge in [-0.05, 0) is 68.1 Å². The fraction of sp³-hybridized carbons (Fsp3) is 0.294. The van der Waals surface area contributed by atoms with Crippen molar-refractivity contribution in [2.75, 3.05) is 0 Å². The summed E-state index contributed by atoms with van der Waals surface area (Å²) < 4.78 is 2.31. The monoisotopic (exact) mass is 237 g/mol. The van der Waals surface area contributed by atoms with Crippen molar-refractivity contribution in [3.05, 3.63) is 46.5 Å². The molecule has 0 aliphatic heterocycles. The third kappa shape index (κ3) is 1.34. The molecule has 0 unspecified atom stereocenters. The molecule has 0 fully saturated rings. The predicted octanol–water partition coefficient (Wildman–Crippen LogP) is 4.57. The smallest absolute Gasteiger partial charge is 0.0491 e. The maximum Gasteiger partial charge on any atom is 0.0491 e. The molecule has 0 N–H and O–H groups in total. The molecule has 2 aromatic carbocycles. The predicted molar refractivity (Wildman–Crippen MR) is 79.4 cm³/mol. The van der Waals surface area contributed by atoms with Gasteiger partial charge in [-0.2, -0.15) is 0 Å². The third-order valence-corrected chi connectivity index (χ3v) is 4.32. The number of rotatable bonds is 0. The van der Waals surface area contributed by atoms with Crippen molar-refractivity contribution in [2.45, 2.75) is 27.7 Å². The summed E-state index contributed by atoms with van der Waals surface area (Å²) in [6.45, 7) is 8.80. The Kier molecular flexibility index (Phi) is 2.28. The molecule has 0 saturated carbocycles. The van der Waals surface area contributed by atoms with Crippen LogP contribution >= 0.6 is 0 Å². The van der Waals surface area contributed by atoms with Gasteiger partial charge in [0.1, 0.15) is 0 Å². The van der Waals surface area contributed by atoms with Gasteiger partial charge in [-0.1, -0.05) is 6.07 Å². The minimum atomic E-state index is 1.33. The Labute approximate surface area is 108 Å². The molecule has 0 bridgehead atoms. The average molecular weight is 237 g/mol. The number of nitrogens with zero attached hydrogens (tertiary/aromatic N) is 1. The van der Waals surface area contributed by atoms with Crippen LogP contribution in [-0.4, -0.2) is 4.57 Å². The van der Waals surface area contributed by atoms with Gasteiger partial charge in [-0.25, -0.2) is 0 Å². The first-order chi connectivity index (χ1) is 8.50. The summed E-state index contributed by atoms with van der Waals surface area (Å²) in [6.07, 6.45) is 0. The van der Waals surface area contributed by atoms with E-state index in [1.165, 1.54) is 44.1 Å². The van der Waals surface area contributed by atoms with Crippen LogP contribution in [0.5, 0.6) is 0 Å². The number of fused-ring (bicyclic) bond motifs is 3. The summed E-state index contributed by atoms with van der Waals surface area (Å²) in [5, 5.41) is 2.80. The van der Waals surface area contributed by atoms with Gasteiger partial charge in [-0.3, -0.25) is 0 Å². The molecule has 0 amide bonds. The lowest BCUT2D eigenvalue weighted by Gasteiger charge is -2.03. The number of hydrogen-bond donors (Lipinski definition) is 0. The summed E-state index contributed by atoms with van der Waals surface area (Å²) >= 11 is 0. The van der Waals surface area contributed by atoms with Crippen LogP contribution in [-0.2, 0) is 7.05 Å². The Bertz CT molecular complexity index is 775. The van der Waals surface area contributed by atoms with E-state index in [0.717, 1.165) is 0 Å². The van der Waals surface area contributed by atoms with Crippen molar-refractivity contribution in [1.82, 2.24) is 4.57 Å². The van der Waals surface area contributed by atoms with Gasteiger partial charge in [0.25, 0.3) is 0 Å². The molecule has 92 valence electrons. The zero-order valence-electron chi connectivity index (χ0n) is 11.8. The molecule has 18 heavy (non-hydrogen) atoms. The molecule has 3 rings (SSSR count). The lowest BCUT2D eigenvalue weighted by Crippen LogP contribution is -1.88. The van der Waals surface area contributed by atoms with E-state index in [1.807, 2.05) is 0 Å². The van der Waals surface area contributed by atoms with Crippen molar-refractivity contribution in [2.24, 2.45) is 7.05 Å². The first kappa shape index (κ1) is 11.3. The molecule has 0 radical (unpaired) electrons. The largest absolute Gasteiger partial charge is 0.344 e. The summed E-state index contributed by atoms with van der Waals surface area (Å²) in [5.74, 6) is 0. The average Bonchev–Trinajstić information content (AvgIpc) is 2.59. The standard InChI is InChI=1S/C17H19N/c1-10-6-7-15-17(13(10)4)14-8-11(2)12(3)9-16(14)18(15)5/h6-9H,1-5H3. The van der Waals surface area contributed by atoms with Crippen LogP contribution in [0.25, 0.3) is 21.8 Å². The number of hydrogen-bond acceptors (Lipinski definition) is 0. The summed E-state index contributed by atoms with van der Waals surface area (Å²) in [7, 11) is 2.16. The third-order valence-electron chi connectivity index (χ3n) is 4.32. The van der Waals surface area contributed by atoms with E-state index < -0.39 is 0 Å². The SMILES string of the molecule is Cc1cc2c3c(C)c(C)ccc3n(C)c2cc1C. The second-order valence-electron chi connectivity index (χ2n) is 5.41. The van der Waals surface area contributed by atoms with Gasteiger partial charge in [-0.15, -0.1) is 0 Å². The van der Waals surface area contributed by atoms with E-state index in [0.29, 0.717) is 0 Å². The molecule has 1 heterocycles. The van der Waals surface area contributed by atoms with E-state index in [-0.39, 0.29) is 0 Å². The van der Waals surface area contributed by atoms with E-state index in [9.17, 15) is 0 Å². The quantitative estimate of drug-likeness (QED) is 0.540. The Morgan fingerprint density at radius 3 is 2.17 bits per heavy atom. The zero-order chi connectivity index (χ0) is 13.0. The van der Waals surface area contributed by atoms with Crippen LogP contribution in [0.2, 0.25) is 0 Å². The molecular formula is C17H19N.